The normalized spacial score (nSPS) is 25.6. The van der Waals surface area contributed by atoms with Crippen molar-refractivity contribution in [2.75, 3.05) is 13.6 Å². The first-order valence-corrected chi connectivity index (χ1v) is 15.2. The number of likely N-dealkylation sites (N-methyl/N-ethyl adjacent to an activating group) is 1. The highest BCUT2D eigenvalue weighted by Gasteiger charge is 2.72. The summed E-state index contributed by atoms with van der Waals surface area (Å²) >= 11 is 0. The van der Waals surface area contributed by atoms with Crippen molar-refractivity contribution in [1.82, 2.24) is 4.90 Å². The zero-order valence-corrected chi connectivity index (χ0v) is 26.5. The Morgan fingerprint density at radius 1 is 1.04 bits per heavy atom. The lowest BCUT2D eigenvalue weighted by Crippen LogP contribution is -2.74. The number of nitrogens with zero attached hydrogens (tertiary/aromatic N) is 1. The van der Waals surface area contributed by atoms with Crippen molar-refractivity contribution in [1.29, 1.82) is 0 Å². The van der Waals surface area contributed by atoms with Gasteiger partial charge in [-0.05, 0) is 44.1 Å². The van der Waals surface area contributed by atoms with Crippen LogP contribution in [0.15, 0.2) is 54.3 Å². The number of carbonyl (C=O) groups is 5. The number of carbonyl (C=O) groups excluding carboxylic acids is 3. The van der Waals surface area contributed by atoms with Crippen molar-refractivity contribution in [2.45, 2.75) is 74.2 Å². The fraction of sp³-hybridized carbons (Fsp3) is 0.424. The van der Waals surface area contributed by atoms with Gasteiger partial charge in [-0.25, -0.2) is 14.4 Å². The number of rotatable bonds is 8. The number of aliphatic carboxylic acids is 2. The summed E-state index contributed by atoms with van der Waals surface area (Å²) in [6, 6.07) is 11.1. The van der Waals surface area contributed by atoms with E-state index >= 15 is 0 Å². The van der Waals surface area contributed by atoms with Crippen LogP contribution in [0.2, 0.25) is 0 Å². The molecule has 50 heavy (non-hydrogen) atoms. The fourth-order valence-corrected chi connectivity index (χ4v) is 7.21. The van der Waals surface area contributed by atoms with Gasteiger partial charge in [-0.2, -0.15) is 13.2 Å². The molecule has 0 aromatic heterocycles. The van der Waals surface area contributed by atoms with Gasteiger partial charge in [0, 0.05) is 30.5 Å². The van der Waals surface area contributed by atoms with E-state index in [1.165, 1.54) is 12.1 Å². The first-order valence-electron chi connectivity index (χ1n) is 15.2. The minimum atomic E-state index is -5.08. The van der Waals surface area contributed by atoms with Crippen LogP contribution in [0, 0.1) is 0 Å². The third-order valence-electron chi connectivity index (χ3n) is 9.30. The number of likely N-dealkylation sites (tertiary alicyclic amines) is 1. The van der Waals surface area contributed by atoms with Crippen LogP contribution in [-0.4, -0.2) is 98.8 Å². The Labute approximate surface area is 281 Å². The van der Waals surface area contributed by atoms with Gasteiger partial charge in [0.15, 0.2) is 17.6 Å². The van der Waals surface area contributed by atoms with E-state index < -0.39 is 71.8 Å². The van der Waals surface area contributed by atoms with Gasteiger partial charge in [0.05, 0.1) is 17.4 Å². The molecule has 2 bridgehead atoms. The summed E-state index contributed by atoms with van der Waals surface area (Å²) in [7, 11) is 1.96. The van der Waals surface area contributed by atoms with E-state index in [2.05, 4.69) is 4.90 Å². The molecular formula is C33H32F3NO13. The number of phenols is 1. The number of esters is 3. The Balaban J connectivity index is 0.000000630. The number of hydrogen-bond acceptors (Lipinski definition) is 12. The molecule has 6 atom stereocenters. The highest BCUT2D eigenvalue weighted by molar-refractivity contribution is 5.87. The first kappa shape index (κ1) is 36.1. The smallest absolute Gasteiger partial charge is 0.490 e. The molecule has 2 aromatic rings. The average molecular weight is 708 g/mol. The molecule has 0 amide bonds. The van der Waals surface area contributed by atoms with Crippen LogP contribution in [0.1, 0.15) is 49.0 Å². The van der Waals surface area contributed by atoms with Crippen LogP contribution >= 0.6 is 0 Å². The number of carboxylic acid groups (broad SMARTS) is 2. The molecule has 14 nitrogen and oxygen atoms in total. The number of aromatic hydroxyl groups is 1. The summed E-state index contributed by atoms with van der Waals surface area (Å²) in [6.45, 7) is 1.65. The Morgan fingerprint density at radius 3 is 2.30 bits per heavy atom. The summed E-state index contributed by atoms with van der Waals surface area (Å²) in [5.41, 5.74) is -0.385. The number of halogens is 3. The van der Waals surface area contributed by atoms with Gasteiger partial charge < -0.3 is 44.3 Å². The van der Waals surface area contributed by atoms with Crippen LogP contribution in [0.3, 0.4) is 0 Å². The van der Waals surface area contributed by atoms with Gasteiger partial charge in [0.1, 0.15) is 5.76 Å². The number of phenolic OH excluding ortho intramolecular Hbond substituents is 1. The second-order valence-electron chi connectivity index (χ2n) is 12.3. The van der Waals surface area contributed by atoms with Gasteiger partial charge in [-0.15, -0.1) is 0 Å². The summed E-state index contributed by atoms with van der Waals surface area (Å²) in [4.78, 5) is 60.6. The van der Waals surface area contributed by atoms with E-state index in [0.717, 1.165) is 18.1 Å². The molecule has 17 heteroatoms. The standard InChI is InChI=1S/C31H31NO11.C2HF3O2/c1-16(33)40-21(15-23(35)36)28(37)43-25(17-6-4-3-5-7-17)29(38)41-20-10-11-31(39)22-14-18-8-9-19(34)26-24(18)30(31,27(20)42-26)12-13-32(22)2;3-2(4,5)1(6)7/h3-10,21-22,25,27,34,39H,11-15H2,1-2H3,(H,35,36);(H,6,7)/t21-,22+,25-,27-,30-,31+;/m0./s1. The molecule has 2 aliphatic heterocycles. The van der Waals surface area contributed by atoms with Crippen molar-refractivity contribution < 1.29 is 76.5 Å². The van der Waals surface area contributed by atoms with Gasteiger partial charge in [0.2, 0.25) is 12.2 Å². The molecule has 0 saturated carbocycles. The number of aliphatic hydroxyl groups is 1. The molecule has 6 rings (SSSR count). The van der Waals surface area contributed by atoms with Gasteiger partial charge >= 0.3 is 36.0 Å². The minimum absolute atomic E-state index is 0.0843. The second-order valence-corrected chi connectivity index (χ2v) is 12.3. The SMILES string of the molecule is CC(=O)O[C@@H](CC(=O)O)C(=O)O[C@H](C(=O)OC1=CC[C@@]2(O)[C@H]3Cc4ccc(O)c5c4[C@@]2(CCN3C)[C@H]1O5)c1ccccc1.O=C(O)C(F)(F)F. The minimum Gasteiger partial charge on any atom is -0.504 e. The van der Waals surface area contributed by atoms with E-state index in [1.54, 1.807) is 30.3 Å². The van der Waals surface area contributed by atoms with Crippen LogP contribution in [0.5, 0.6) is 11.5 Å². The zero-order valence-electron chi connectivity index (χ0n) is 26.5. The lowest BCUT2D eigenvalue weighted by atomic mass is 9.50. The number of ether oxygens (including phenoxy) is 4. The van der Waals surface area contributed by atoms with Gasteiger partial charge in [-0.1, -0.05) is 36.4 Å². The van der Waals surface area contributed by atoms with E-state index in [1.807, 2.05) is 13.1 Å². The van der Waals surface area contributed by atoms with Crippen molar-refractivity contribution in [3.63, 3.8) is 0 Å². The largest absolute Gasteiger partial charge is 0.504 e. The number of carboxylic acids is 2. The van der Waals surface area contributed by atoms with Gasteiger partial charge in [-0.3, -0.25) is 9.59 Å². The highest BCUT2D eigenvalue weighted by atomic mass is 19.4. The van der Waals surface area contributed by atoms with Crippen molar-refractivity contribution in [3.8, 4) is 11.5 Å². The van der Waals surface area contributed by atoms with E-state index in [9.17, 15) is 47.7 Å². The third-order valence-corrected chi connectivity index (χ3v) is 9.30. The average Bonchev–Trinajstić information content (AvgIpc) is 3.40. The summed E-state index contributed by atoms with van der Waals surface area (Å²) in [5.74, 6) is -7.05. The summed E-state index contributed by atoms with van der Waals surface area (Å²) in [6.07, 6.45) is -7.58. The third kappa shape index (κ3) is 6.33. The van der Waals surface area contributed by atoms with E-state index in [0.29, 0.717) is 19.4 Å². The topological polar surface area (TPSA) is 206 Å². The second kappa shape index (κ2) is 13.3. The Morgan fingerprint density at radius 2 is 1.70 bits per heavy atom. The zero-order chi connectivity index (χ0) is 36.8. The van der Waals surface area contributed by atoms with Crippen LogP contribution in [0.25, 0.3) is 0 Å². The van der Waals surface area contributed by atoms with Crippen molar-refractivity contribution in [3.05, 3.63) is 71.0 Å². The molecule has 2 aliphatic carbocycles. The Hall–Kier alpha value is -5.16. The molecule has 0 unspecified atom stereocenters. The lowest BCUT2D eigenvalue weighted by Gasteiger charge is -2.61. The maximum atomic E-state index is 13.8. The highest BCUT2D eigenvalue weighted by Crippen LogP contribution is 2.65. The summed E-state index contributed by atoms with van der Waals surface area (Å²) < 4.78 is 54.2. The number of hydrogen-bond donors (Lipinski definition) is 4. The monoisotopic (exact) mass is 707 g/mol. The van der Waals surface area contributed by atoms with Crippen LogP contribution in [0.4, 0.5) is 13.2 Å². The quantitative estimate of drug-likeness (QED) is 0.230. The molecule has 0 radical (unpaired) electrons. The number of piperidine rings is 1. The molecule has 2 heterocycles. The van der Waals surface area contributed by atoms with Crippen LogP contribution in [-0.2, 0) is 50.0 Å². The van der Waals surface area contributed by atoms with Crippen molar-refractivity contribution >= 4 is 29.8 Å². The molecule has 1 spiro atoms. The molecule has 1 fully saturated rings. The molecule has 268 valence electrons. The van der Waals surface area contributed by atoms with Gasteiger partial charge in [0.25, 0.3) is 0 Å². The van der Waals surface area contributed by atoms with Crippen molar-refractivity contribution in [2.24, 2.45) is 0 Å². The lowest BCUT2D eigenvalue weighted by molar-refractivity contribution is -0.192. The van der Waals surface area contributed by atoms with E-state index in [-0.39, 0.29) is 35.3 Å². The predicted molar refractivity (Wildman–Crippen MR) is 159 cm³/mol. The number of benzene rings is 2. The molecule has 4 N–H and O–H groups in total. The van der Waals surface area contributed by atoms with Crippen LogP contribution < -0.4 is 4.74 Å². The molecule has 4 aliphatic rings. The number of alkyl halides is 3. The molecule has 2 aromatic carbocycles. The molecular weight excluding hydrogens is 675 g/mol. The molecule has 1 saturated heterocycles. The maximum Gasteiger partial charge on any atom is 0.490 e. The Kier molecular flexibility index (Phi) is 9.60. The summed E-state index contributed by atoms with van der Waals surface area (Å²) in [5, 5.41) is 39.4. The first-order chi connectivity index (χ1) is 23.4. The Bertz CT molecular complexity index is 1730. The van der Waals surface area contributed by atoms with E-state index in [4.69, 9.17) is 28.8 Å². The maximum absolute atomic E-state index is 13.8. The predicted octanol–water partition coefficient (Wildman–Crippen LogP) is 2.54. The fourth-order valence-electron chi connectivity index (χ4n) is 7.21.